The Labute approximate surface area is 85.0 Å². The molecule has 0 bridgehead atoms. The van der Waals surface area contributed by atoms with Gasteiger partial charge in [0.2, 0.25) is 0 Å². The Kier molecular flexibility index (Phi) is 2.17. The van der Waals surface area contributed by atoms with Crippen LogP contribution in [0.2, 0.25) is 0 Å². The molecule has 3 nitrogen and oxygen atoms in total. The summed E-state index contributed by atoms with van der Waals surface area (Å²) in [6.07, 6.45) is 4.29. The van der Waals surface area contributed by atoms with E-state index in [-0.39, 0.29) is 0 Å². The van der Waals surface area contributed by atoms with E-state index in [0.717, 1.165) is 11.6 Å². The van der Waals surface area contributed by atoms with E-state index in [1.165, 1.54) is 12.8 Å². The normalized spacial score (nSPS) is 30.1. The van der Waals surface area contributed by atoms with E-state index in [9.17, 15) is 0 Å². The molecule has 0 radical (unpaired) electrons. The van der Waals surface area contributed by atoms with Crippen LogP contribution in [0.4, 0.5) is 5.82 Å². The van der Waals surface area contributed by atoms with E-state index < -0.39 is 0 Å². The van der Waals surface area contributed by atoms with E-state index in [1.807, 2.05) is 13.0 Å². The van der Waals surface area contributed by atoms with Crippen LogP contribution in [0.25, 0.3) is 0 Å². The van der Waals surface area contributed by atoms with Gasteiger partial charge in [0.15, 0.2) is 0 Å². The van der Waals surface area contributed by atoms with Crippen molar-refractivity contribution in [2.75, 3.05) is 5.32 Å². The Morgan fingerprint density at radius 1 is 1.64 bits per heavy atom. The number of hydrogen-bond acceptors (Lipinski definition) is 3. The third-order valence-electron chi connectivity index (χ3n) is 3.26. The van der Waals surface area contributed by atoms with Crippen LogP contribution in [-0.2, 0) is 0 Å². The molecule has 2 atom stereocenters. The van der Waals surface area contributed by atoms with E-state index in [0.29, 0.717) is 11.5 Å². The highest BCUT2D eigenvalue weighted by Gasteiger charge is 2.48. The molecule has 76 valence electrons. The summed E-state index contributed by atoms with van der Waals surface area (Å²) in [5.74, 6) is 1.79. The number of aryl methyl sites for hydroxylation is 1. The van der Waals surface area contributed by atoms with Crippen LogP contribution in [0, 0.1) is 12.3 Å². The third kappa shape index (κ3) is 1.72. The summed E-state index contributed by atoms with van der Waals surface area (Å²) >= 11 is 0. The Balaban J connectivity index is 2.00. The van der Waals surface area contributed by atoms with Gasteiger partial charge < -0.3 is 5.32 Å². The number of anilines is 1. The maximum absolute atomic E-state index is 4.33. The fraction of sp³-hybridized carbons (Fsp3) is 0.636. The van der Waals surface area contributed by atoms with Gasteiger partial charge in [0.25, 0.3) is 0 Å². The number of nitrogens with zero attached hydrogens (tertiary/aromatic N) is 2. The monoisotopic (exact) mass is 191 g/mol. The summed E-state index contributed by atoms with van der Waals surface area (Å²) < 4.78 is 0. The van der Waals surface area contributed by atoms with Crippen molar-refractivity contribution in [2.24, 2.45) is 5.41 Å². The van der Waals surface area contributed by atoms with Crippen LogP contribution in [0.5, 0.6) is 0 Å². The lowest BCUT2D eigenvalue weighted by Gasteiger charge is -2.09. The third-order valence-corrected chi connectivity index (χ3v) is 3.26. The van der Waals surface area contributed by atoms with Crippen LogP contribution < -0.4 is 5.32 Å². The predicted molar refractivity (Wildman–Crippen MR) is 57.2 cm³/mol. The van der Waals surface area contributed by atoms with Crippen LogP contribution in [-0.4, -0.2) is 16.0 Å². The Morgan fingerprint density at radius 3 is 3.00 bits per heavy atom. The first-order chi connectivity index (χ1) is 6.64. The number of rotatable bonds is 3. The molecule has 1 heterocycles. The molecule has 0 amide bonds. The highest BCUT2D eigenvalue weighted by atomic mass is 15.1. The first-order valence-electron chi connectivity index (χ1n) is 5.20. The second kappa shape index (κ2) is 3.23. The molecule has 1 aromatic rings. The standard InChI is InChI=1S/C11H17N3/c1-4-11(3)7-9(11)14-10-5-6-12-8(2)13-10/h5-6,9H,4,7H2,1-3H3,(H,12,13,14). The zero-order valence-corrected chi connectivity index (χ0v) is 9.04. The molecule has 0 aliphatic heterocycles. The van der Waals surface area contributed by atoms with Crippen molar-refractivity contribution < 1.29 is 0 Å². The number of hydrogen-bond donors (Lipinski definition) is 1. The lowest BCUT2D eigenvalue weighted by molar-refractivity contribution is 0.535. The molecular formula is C11H17N3. The second-order valence-electron chi connectivity index (χ2n) is 4.40. The first kappa shape index (κ1) is 9.44. The van der Waals surface area contributed by atoms with E-state index >= 15 is 0 Å². The van der Waals surface area contributed by atoms with Crippen molar-refractivity contribution in [1.82, 2.24) is 9.97 Å². The molecule has 0 saturated heterocycles. The smallest absolute Gasteiger partial charge is 0.129 e. The molecule has 1 fully saturated rings. The van der Waals surface area contributed by atoms with Gasteiger partial charge in [0.05, 0.1) is 0 Å². The lowest BCUT2D eigenvalue weighted by atomic mass is 10.1. The van der Waals surface area contributed by atoms with Crippen molar-refractivity contribution in [2.45, 2.75) is 39.7 Å². The zero-order chi connectivity index (χ0) is 10.2. The minimum atomic E-state index is 0.485. The summed E-state index contributed by atoms with van der Waals surface area (Å²) in [5, 5.41) is 3.45. The van der Waals surface area contributed by atoms with E-state index in [4.69, 9.17) is 0 Å². The minimum absolute atomic E-state index is 0.485. The predicted octanol–water partition coefficient (Wildman–Crippen LogP) is 2.39. The number of aromatic nitrogens is 2. The molecule has 1 aliphatic carbocycles. The van der Waals surface area contributed by atoms with Gasteiger partial charge in [-0.3, -0.25) is 0 Å². The molecule has 1 aromatic heterocycles. The van der Waals surface area contributed by atoms with Crippen molar-refractivity contribution in [3.63, 3.8) is 0 Å². The molecule has 14 heavy (non-hydrogen) atoms. The summed E-state index contributed by atoms with van der Waals surface area (Å²) in [7, 11) is 0. The van der Waals surface area contributed by atoms with E-state index in [1.54, 1.807) is 6.20 Å². The average Bonchev–Trinajstić information content (AvgIpc) is 2.78. The number of nitrogens with one attached hydrogen (secondary N) is 1. The molecule has 1 aliphatic rings. The summed E-state index contributed by atoms with van der Waals surface area (Å²) in [5.41, 5.74) is 0.485. The maximum Gasteiger partial charge on any atom is 0.129 e. The van der Waals surface area contributed by atoms with Gasteiger partial charge in [-0.15, -0.1) is 0 Å². The fourth-order valence-electron chi connectivity index (χ4n) is 1.74. The largest absolute Gasteiger partial charge is 0.367 e. The molecule has 2 unspecified atom stereocenters. The van der Waals surface area contributed by atoms with Gasteiger partial charge >= 0.3 is 0 Å². The SMILES string of the molecule is CCC1(C)CC1Nc1ccnc(C)n1. The lowest BCUT2D eigenvalue weighted by Crippen LogP contribution is -2.11. The van der Waals surface area contributed by atoms with Gasteiger partial charge in [-0.1, -0.05) is 13.8 Å². The molecule has 2 rings (SSSR count). The topological polar surface area (TPSA) is 37.8 Å². The van der Waals surface area contributed by atoms with Gasteiger partial charge in [-0.25, -0.2) is 9.97 Å². The van der Waals surface area contributed by atoms with Crippen LogP contribution >= 0.6 is 0 Å². The van der Waals surface area contributed by atoms with Gasteiger partial charge in [-0.2, -0.15) is 0 Å². The van der Waals surface area contributed by atoms with Crippen molar-refractivity contribution in [3.05, 3.63) is 18.1 Å². The first-order valence-corrected chi connectivity index (χ1v) is 5.20. The van der Waals surface area contributed by atoms with E-state index in [2.05, 4.69) is 29.1 Å². The quantitative estimate of drug-likeness (QED) is 0.797. The molecule has 0 spiro atoms. The molecular weight excluding hydrogens is 174 g/mol. The summed E-state index contributed by atoms with van der Waals surface area (Å²) in [6, 6.07) is 2.53. The molecule has 1 saturated carbocycles. The Hall–Kier alpha value is -1.12. The van der Waals surface area contributed by atoms with Crippen molar-refractivity contribution >= 4 is 5.82 Å². The minimum Gasteiger partial charge on any atom is -0.367 e. The zero-order valence-electron chi connectivity index (χ0n) is 9.04. The van der Waals surface area contributed by atoms with Crippen molar-refractivity contribution in [3.8, 4) is 0 Å². The van der Waals surface area contributed by atoms with Crippen LogP contribution in [0.15, 0.2) is 12.3 Å². The van der Waals surface area contributed by atoms with Gasteiger partial charge in [0, 0.05) is 12.2 Å². The highest BCUT2D eigenvalue weighted by Crippen LogP contribution is 2.49. The molecule has 1 N–H and O–H groups in total. The molecule has 0 aromatic carbocycles. The van der Waals surface area contributed by atoms with Crippen LogP contribution in [0.1, 0.15) is 32.5 Å². The van der Waals surface area contributed by atoms with Crippen molar-refractivity contribution in [1.29, 1.82) is 0 Å². The average molecular weight is 191 g/mol. The van der Waals surface area contributed by atoms with Gasteiger partial charge in [-0.05, 0) is 31.2 Å². The maximum atomic E-state index is 4.33. The summed E-state index contributed by atoms with van der Waals surface area (Å²) in [6.45, 7) is 6.47. The highest BCUT2D eigenvalue weighted by molar-refractivity contribution is 5.37. The second-order valence-corrected chi connectivity index (χ2v) is 4.40. The molecule has 3 heteroatoms. The Morgan fingerprint density at radius 2 is 2.43 bits per heavy atom. The Bertz CT molecular complexity index is 337. The van der Waals surface area contributed by atoms with Gasteiger partial charge in [0.1, 0.15) is 11.6 Å². The summed E-state index contributed by atoms with van der Waals surface area (Å²) in [4.78, 5) is 8.40. The fourth-order valence-corrected chi connectivity index (χ4v) is 1.74. The van der Waals surface area contributed by atoms with Crippen LogP contribution in [0.3, 0.4) is 0 Å².